The number of nitrogens with zero attached hydrogens (tertiary/aromatic N) is 2. The van der Waals surface area contributed by atoms with Crippen molar-refractivity contribution in [1.82, 2.24) is 9.13 Å². The summed E-state index contributed by atoms with van der Waals surface area (Å²) in [6.07, 6.45) is 4.16. The Hall–Kier alpha value is -2.36. The lowest BCUT2D eigenvalue weighted by molar-refractivity contribution is 0.500. The molecule has 0 saturated heterocycles. The molecule has 1 heterocycles. The first-order valence-electron chi connectivity index (χ1n) is 6.68. The third-order valence-electron chi connectivity index (χ3n) is 4.55. The van der Waals surface area contributed by atoms with Crippen molar-refractivity contribution in [1.29, 1.82) is 0 Å². The number of aromatic nitrogens is 2. The summed E-state index contributed by atoms with van der Waals surface area (Å²) in [6, 6.07) is 8.17. The van der Waals surface area contributed by atoms with Crippen LogP contribution in [-0.4, -0.2) is 9.13 Å². The van der Waals surface area contributed by atoms with E-state index in [2.05, 4.69) is 24.3 Å². The Bertz CT molecular complexity index is 886. The minimum absolute atomic E-state index is 0.102. The van der Waals surface area contributed by atoms with Gasteiger partial charge in [-0.15, -0.1) is 0 Å². The number of allylic oxidation sites excluding steroid dienone is 1. The summed E-state index contributed by atoms with van der Waals surface area (Å²) in [5.41, 5.74) is 3.61. The van der Waals surface area contributed by atoms with Crippen LogP contribution in [0.4, 0.5) is 0 Å². The summed E-state index contributed by atoms with van der Waals surface area (Å²) in [5, 5.41) is 0. The van der Waals surface area contributed by atoms with Crippen molar-refractivity contribution >= 4 is 6.08 Å². The standard InChI is InChI=1S/C16H14N2O2/c1-17-14-12-10-6-4-3-5-9(10)7-8-11(12)13(14)15(19)18(2)16(17)20/h3-8,11-12H,1-2H3. The molecule has 0 saturated carbocycles. The van der Waals surface area contributed by atoms with Crippen molar-refractivity contribution < 1.29 is 0 Å². The topological polar surface area (TPSA) is 44.0 Å². The summed E-state index contributed by atoms with van der Waals surface area (Å²) in [6.45, 7) is 0. The van der Waals surface area contributed by atoms with E-state index in [9.17, 15) is 9.59 Å². The van der Waals surface area contributed by atoms with Crippen molar-refractivity contribution in [2.24, 2.45) is 14.1 Å². The fourth-order valence-corrected chi connectivity index (χ4v) is 3.52. The van der Waals surface area contributed by atoms with E-state index in [-0.39, 0.29) is 23.1 Å². The van der Waals surface area contributed by atoms with Crippen LogP contribution in [0.25, 0.3) is 6.08 Å². The highest BCUT2D eigenvalue weighted by Gasteiger charge is 2.44. The molecule has 4 heteroatoms. The maximum absolute atomic E-state index is 12.3. The fraction of sp³-hybridized carbons (Fsp3) is 0.250. The van der Waals surface area contributed by atoms with Crippen molar-refractivity contribution in [2.75, 3.05) is 0 Å². The van der Waals surface area contributed by atoms with Crippen molar-refractivity contribution in [3.05, 3.63) is 73.6 Å². The molecule has 2 aliphatic rings. The molecule has 1 aromatic carbocycles. The highest BCUT2D eigenvalue weighted by atomic mass is 16.2. The molecule has 0 radical (unpaired) electrons. The van der Waals surface area contributed by atoms with E-state index >= 15 is 0 Å². The normalized spacial score (nSPS) is 21.7. The van der Waals surface area contributed by atoms with Crippen LogP contribution in [0.1, 0.15) is 34.2 Å². The van der Waals surface area contributed by atoms with Gasteiger partial charge in [-0.2, -0.15) is 0 Å². The van der Waals surface area contributed by atoms with Gasteiger partial charge < -0.3 is 0 Å². The number of fused-ring (bicyclic) bond motifs is 6. The van der Waals surface area contributed by atoms with E-state index in [0.29, 0.717) is 0 Å². The molecule has 4 rings (SSSR count). The Balaban J connectivity index is 2.07. The van der Waals surface area contributed by atoms with Gasteiger partial charge in [-0.1, -0.05) is 36.4 Å². The molecule has 0 spiro atoms. The quantitative estimate of drug-likeness (QED) is 0.722. The van der Waals surface area contributed by atoms with Crippen LogP contribution in [0.5, 0.6) is 0 Å². The lowest BCUT2D eigenvalue weighted by Crippen LogP contribution is -2.48. The van der Waals surface area contributed by atoms with E-state index in [1.54, 1.807) is 18.7 Å². The van der Waals surface area contributed by atoms with E-state index in [1.165, 1.54) is 15.7 Å². The molecule has 0 aliphatic heterocycles. The fourth-order valence-electron chi connectivity index (χ4n) is 3.52. The van der Waals surface area contributed by atoms with Gasteiger partial charge in [-0.25, -0.2) is 4.79 Å². The summed E-state index contributed by atoms with van der Waals surface area (Å²) in [4.78, 5) is 24.4. The maximum atomic E-state index is 12.3. The van der Waals surface area contributed by atoms with E-state index in [0.717, 1.165) is 11.3 Å². The SMILES string of the molecule is Cn1c2c(c(=O)n(C)c1=O)C1C=Cc3ccccc3C21. The number of benzene rings is 1. The van der Waals surface area contributed by atoms with Crippen molar-refractivity contribution in [2.45, 2.75) is 11.8 Å². The Labute approximate surface area is 115 Å². The summed E-state index contributed by atoms with van der Waals surface area (Å²) >= 11 is 0. The monoisotopic (exact) mass is 266 g/mol. The zero-order chi connectivity index (χ0) is 14.0. The summed E-state index contributed by atoms with van der Waals surface area (Å²) in [7, 11) is 3.29. The van der Waals surface area contributed by atoms with Gasteiger partial charge in [0.05, 0.1) is 0 Å². The van der Waals surface area contributed by atoms with E-state index in [4.69, 9.17) is 0 Å². The largest absolute Gasteiger partial charge is 0.330 e. The van der Waals surface area contributed by atoms with E-state index < -0.39 is 0 Å². The summed E-state index contributed by atoms with van der Waals surface area (Å²) < 4.78 is 2.82. The molecule has 0 fully saturated rings. The van der Waals surface area contributed by atoms with Gasteiger partial charge in [0.15, 0.2) is 0 Å². The predicted molar refractivity (Wildman–Crippen MR) is 77.0 cm³/mol. The molecule has 100 valence electrons. The predicted octanol–water partition coefficient (Wildman–Crippen LogP) is 1.34. The van der Waals surface area contributed by atoms with Gasteiger partial charge in [0.2, 0.25) is 0 Å². The molecule has 2 aromatic rings. The Morgan fingerprint density at radius 1 is 1.05 bits per heavy atom. The number of hydrogen-bond donors (Lipinski definition) is 0. The zero-order valence-electron chi connectivity index (χ0n) is 11.3. The second kappa shape index (κ2) is 3.60. The van der Waals surface area contributed by atoms with Crippen LogP contribution in [0.2, 0.25) is 0 Å². The molecule has 0 bridgehead atoms. The van der Waals surface area contributed by atoms with Gasteiger partial charge >= 0.3 is 5.69 Å². The molecule has 1 aromatic heterocycles. The summed E-state index contributed by atoms with van der Waals surface area (Å²) in [5.74, 6) is 0.239. The number of rotatable bonds is 0. The average Bonchev–Trinajstić information content (AvgIpc) is 2.44. The third kappa shape index (κ3) is 1.17. The Morgan fingerprint density at radius 3 is 2.60 bits per heavy atom. The van der Waals surface area contributed by atoms with Crippen LogP contribution in [0.15, 0.2) is 39.9 Å². The zero-order valence-corrected chi connectivity index (χ0v) is 11.3. The Morgan fingerprint density at radius 2 is 1.80 bits per heavy atom. The van der Waals surface area contributed by atoms with Crippen LogP contribution in [0, 0.1) is 0 Å². The van der Waals surface area contributed by atoms with Crippen molar-refractivity contribution in [3.63, 3.8) is 0 Å². The minimum Gasteiger partial charge on any atom is -0.300 e. The first-order valence-corrected chi connectivity index (χ1v) is 6.68. The van der Waals surface area contributed by atoms with Crippen LogP contribution < -0.4 is 11.2 Å². The molecule has 2 atom stereocenters. The highest BCUT2D eigenvalue weighted by molar-refractivity contribution is 5.66. The smallest absolute Gasteiger partial charge is 0.300 e. The van der Waals surface area contributed by atoms with E-state index in [1.807, 2.05) is 12.1 Å². The second-order valence-corrected chi connectivity index (χ2v) is 5.50. The molecular weight excluding hydrogens is 252 g/mol. The van der Waals surface area contributed by atoms with Crippen molar-refractivity contribution in [3.8, 4) is 0 Å². The third-order valence-corrected chi connectivity index (χ3v) is 4.55. The molecular formula is C16H14N2O2. The molecule has 20 heavy (non-hydrogen) atoms. The average molecular weight is 266 g/mol. The van der Waals surface area contributed by atoms with Crippen LogP contribution in [-0.2, 0) is 14.1 Å². The van der Waals surface area contributed by atoms with Gasteiger partial charge in [-0.05, 0) is 11.1 Å². The lowest BCUT2D eigenvalue weighted by Gasteiger charge is -2.41. The molecule has 0 N–H and O–H groups in total. The van der Waals surface area contributed by atoms with Gasteiger partial charge in [-0.3, -0.25) is 13.9 Å². The van der Waals surface area contributed by atoms with Crippen LogP contribution >= 0.6 is 0 Å². The number of hydrogen-bond acceptors (Lipinski definition) is 2. The highest BCUT2D eigenvalue weighted by Crippen LogP contribution is 2.52. The first-order chi connectivity index (χ1) is 9.61. The first kappa shape index (κ1) is 11.5. The minimum atomic E-state index is -0.251. The Kier molecular flexibility index (Phi) is 2.06. The second-order valence-electron chi connectivity index (χ2n) is 5.50. The van der Waals surface area contributed by atoms with Gasteiger partial charge in [0.1, 0.15) is 0 Å². The maximum Gasteiger partial charge on any atom is 0.330 e. The lowest BCUT2D eigenvalue weighted by atomic mass is 9.64. The molecule has 2 unspecified atom stereocenters. The molecule has 0 amide bonds. The van der Waals surface area contributed by atoms with Gasteiger partial charge in [0, 0.05) is 37.2 Å². The van der Waals surface area contributed by atoms with Crippen LogP contribution in [0.3, 0.4) is 0 Å². The molecule has 4 nitrogen and oxygen atoms in total. The molecule has 2 aliphatic carbocycles. The van der Waals surface area contributed by atoms with Gasteiger partial charge in [0.25, 0.3) is 5.56 Å².